The Bertz CT molecular complexity index is 523. The van der Waals surface area contributed by atoms with Crippen LogP contribution >= 0.6 is 0 Å². The van der Waals surface area contributed by atoms with Crippen LogP contribution in [0.3, 0.4) is 0 Å². The molecule has 0 aliphatic rings. The number of rotatable bonds is 6. The van der Waals surface area contributed by atoms with Crippen LogP contribution in [0.25, 0.3) is 0 Å². The van der Waals surface area contributed by atoms with Gasteiger partial charge in [0.15, 0.2) is 0 Å². The van der Waals surface area contributed by atoms with Crippen LogP contribution in [0.4, 0.5) is 11.4 Å². The Morgan fingerprint density at radius 2 is 2.15 bits per heavy atom. The summed E-state index contributed by atoms with van der Waals surface area (Å²) >= 11 is 0. The van der Waals surface area contributed by atoms with Crippen LogP contribution in [0.1, 0.15) is 32.4 Å². The van der Waals surface area contributed by atoms with Gasteiger partial charge in [-0.25, -0.2) is 0 Å². The zero-order valence-electron chi connectivity index (χ0n) is 11.9. The Labute approximate surface area is 118 Å². The van der Waals surface area contributed by atoms with Crippen molar-refractivity contribution in [2.75, 3.05) is 18.0 Å². The summed E-state index contributed by atoms with van der Waals surface area (Å²) in [4.78, 5) is 12.6. The van der Waals surface area contributed by atoms with Crippen LogP contribution in [0.15, 0.2) is 18.2 Å². The second-order valence-corrected chi connectivity index (χ2v) is 4.75. The molecule has 1 rings (SSSR count). The van der Waals surface area contributed by atoms with Crippen molar-refractivity contribution < 1.29 is 10.0 Å². The number of hydrogen-bond acceptors (Lipinski definition) is 5. The van der Waals surface area contributed by atoms with E-state index in [-0.39, 0.29) is 11.6 Å². The number of aliphatic hydroxyl groups excluding tert-OH is 1. The van der Waals surface area contributed by atoms with E-state index in [0.717, 1.165) is 0 Å². The number of nitro benzene ring substituents is 1. The molecule has 0 fully saturated rings. The van der Waals surface area contributed by atoms with Gasteiger partial charge in [0.25, 0.3) is 5.69 Å². The summed E-state index contributed by atoms with van der Waals surface area (Å²) in [7, 11) is 0. The third-order valence-electron chi connectivity index (χ3n) is 3.12. The highest BCUT2D eigenvalue weighted by molar-refractivity contribution is 5.64. The molecule has 6 nitrogen and oxygen atoms in total. The number of anilines is 1. The Morgan fingerprint density at radius 1 is 1.50 bits per heavy atom. The molecule has 0 aromatic heterocycles. The average Bonchev–Trinajstić information content (AvgIpc) is 2.43. The molecule has 0 saturated heterocycles. The lowest BCUT2D eigenvalue weighted by Crippen LogP contribution is -2.28. The summed E-state index contributed by atoms with van der Waals surface area (Å²) in [6, 6.07) is 6.82. The van der Waals surface area contributed by atoms with Gasteiger partial charge in [0.05, 0.1) is 23.0 Å². The molecule has 0 aliphatic heterocycles. The topological polar surface area (TPSA) is 90.4 Å². The fraction of sp³-hybridized carbons (Fsp3) is 0.500. The molecular weight excluding hydrogens is 258 g/mol. The Kier molecular flexibility index (Phi) is 5.47. The monoisotopic (exact) mass is 277 g/mol. The van der Waals surface area contributed by atoms with Crippen molar-refractivity contribution in [3.05, 3.63) is 33.9 Å². The summed E-state index contributed by atoms with van der Waals surface area (Å²) in [5, 5.41) is 29.6. The summed E-state index contributed by atoms with van der Waals surface area (Å²) in [6.07, 6.45) is -0.754. The van der Waals surface area contributed by atoms with Crippen molar-refractivity contribution in [3.63, 3.8) is 0 Å². The molecule has 0 saturated carbocycles. The minimum atomic E-state index is -0.754. The first-order valence-electron chi connectivity index (χ1n) is 6.51. The van der Waals surface area contributed by atoms with E-state index in [0.29, 0.717) is 24.3 Å². The fourth-order valence-corrected chi connectivity index (χ4v) is 1.98. The van der Waals surface area contributed by atoms with Crippen molar-refractivity contribution in [1.29, 1.82) is 5.26 Å². The van der Waals surface area contributed by atoms with Gasteiger partial charge in [0.1, 0.15) is 5.69 Å². The lowest BCUT2D eigenvalue weighted by molar-refractivity contribution is -0.384. The van der Waals surface area contributed by atoms with Crippen LogP contribution < -0.4 is 4.90 Å². The minimum Gasteiger partial charge on any atom is -0.389 e. The van der Waals surface area contributed by atoms with Crippen LogP contribution in [0.5, 0.6) is 0 Å². The van der Waals surface area contributed by atoms with Crippen molar-refractivity contribution in [3.8, 4) is 6.07 Å². The third kappa shape index (κ3) is 3.68. The van der Waals surface area contributed by atoms with Crippen LogP contribution in [-0.2, 0) is 0 Å². The molecule has 2 unspecified atom stereocenters. The Hall–Kier alpha value is -2.13. The lowest BCUT2D eigenvalue weighted by atomic mass is 10.1. The fourth-order valence-electron chi connectivity index (χ4n) is 1.98. The third-order valence-corrected chi connectivity index (χ3v) is 3.12. The normalized spacial score (nSPS) is 13.3. The van der Waals surface area contributed by atoms with Gasteiger partial charge in [-0.15, -0.1) is 0 Å². The second-order valence-electron chi connectivity index (χ2n) is 4.75. The summed E-state index contributed by atoms with van der Waals surface area (Å²) in [5.74, 6) is -0.217. The summed E-state index contributed by atoms with van der Waals surface area (Å²) in [6.45, 7) is 6.23. The quantitative estimate of drug-likeness (QED) is 0.637. The van der Waals surface area contributed by atoms with Gasteiger partial charge in [-0.2, -0.15) is 5.26 Å². The van der Waals surface area contributed by atoms with Crippen molar-refractivity contribution in [2.24, 2.45) is 5.92 Å². The molecule has 0 bridgehead atoms. The number of nitriles is 1. The largest absolute Gasteiger partial charge is 0.389 e. The molecule has 0 aliphatic carbocycles. The number of nitro groups is 1. The zero-order valence-corrected chi connectivity index (χ0v) is 11.9. The predicted octanol–water partition coefficient (Wildman–Crippen LogP) is 2.63. The predicted molar refractivity (Wildman–Crippen MR) is 76.4 cm³/mol. The molecule has 0 heterocycles. The molecule has 20 heavy (non-hydrogen) atoms. The first kappa shape index (κ1) is 15.9. The van der Waals surface area contributed by atoms with Gasteiger partial charge in [0, 0.05) is 19.2 Å². The number of benzene rings is 1. The number of aliphatic hydroxyl groups is 1. The van der Waals surface area contributed by atoms with Crippen LogP contribution in [0, 0.1) is 27.4 Å². The Balaban J connectivity index is 3.21. The van der Waals surface area contributed by atoms with Gasteiger partial charge in [-0.3, -0.25) is 10.1 Å². The minimum absolute atomic E-state index is 0.0459. The van der Waals surface area contributed by atoms with Crippen molar-refractivity contribution in [2.45, 2.75) is 26.9 Å². The van der Waals surface area contributed by atoms with Crippen molar-refractivity contribution in [1.82, 2.24) is 0 Å². The molecule has 1 N–H and O–H groups in total. The molecular formula is C14H19N3O3. The molecule has 0 radical (unpaired) electrons. The van der Waals surface area contributed by atoms with E-state index in [9.17, 15) is 15.2 Å². The van der Waals surface area contributed by atoms with Crippen molar-refractivity contribution >= 4 is 11.4 Å². The first-order valence-corrected chi connectivity index (χ1v) is 6.51. The number of hydrogen-bond donors (Lipinski definition) is 1. The highest BCUT2D eigenvalue weighted by Gasteiger charge is 2.21. The van der Waals surface area contributed by atoms with Gasteiger partial charge in [-0.1, -0.05) is 6.07 Å². The zero-order chi connectivity index (χ0) is 15.3. The molecule has 108 valence electrons. The maximum atomic E-state index is 11.2. The van der Waals surface area contributed by atoms with E-state index in [1.54, 1.807) is 30.9 Å². The van der Waals surface area contributed by atoms with E-state index in [1.807, 2.05) is 6.92 Å². The second kappa shape index (κ2) is 6.87. The molecule has 0 spiro atoms. The number of nitrogens with zero attached hydrogens (tertiary/aromatic N) is 3. The van der Waals surface area contributed by atoms with Gasteiger partial charge in [0.2, 0.25) is 0 Å². The first-order chi connectivity index (χ1) is 9.40. The average molecular weight is 277 g/mol. The van der Waals surface area contributed by atoms with Crippen LogP contribution in [0.2, 0.25) is 0 Å². The highest BCUT2D eigenvalue weighted by atomic mass is 16.6. The molecule has 0 amide bonds. The highest BCUT2D eigenvalue weighted by Crippen LogP contribution is 2.31. The molecule has 2 atom stereocenters. The van der Waals surface area contributed by atoms with Gasteiger partial charge < -0.3 is 10.0 Å². The summed E-state index contributed by atoms with van der Waals surface area (Å²) in [5.41, 5.74) is 0.934. The SMILES string of the molecule is CCN(CC(C)C#N)c1ccc(C(C)O)cc1[N+](=O)[O-]. The maximum absolute atomic E-state index is 11.2. The van der Waals surface area contributed by atoms with E-state index < -0.39 is 11.0 Å². The van der Waals surface area contributed by atoms with Crippen LogP contribution in [-0.4, -0.2) is 23.1 Å². The molecule has 1 aromatic carbocycles. The maximum Gasteiger partial charge on any atom is 0.292 e. The smallest absolute Gasteiger partial charge is 0.292 e. The summed E-state index contributed by atoms with van der Waals surface area (Å²) < 4.78 is 0. The molecule has 6 heteroatoms. The lowest BCUT2D eigenvalue weighted by Gasteiger charge is -2.24. The van der Waals surface area contributed by atoms with Gasteiger partial charge >= 0.3 is 0 Å². The Morgan fingerprint density at radius 3 is 2.60 bits per heavy atom. The molecule has 1 aromatic rings. The van der Waals surface area contributed by atoms with E-state index in [4.69, 9.17) is 5.26 Å². The standard InChI is InChI=1S/C14H19N3O3/c1-4-16(9-10(2)8-15)13-6-5-12(11(3)18)7-14(13)17(19)20/h5-7,10-11,18H,4,9H2,1-3H3. The van der Waals surface area contributed by atoms with E-state index in [1.165, 1.54) is 6.07 Å². The van der Waals surface area contributed by atoms with Gasteiger partial charge in [-0.05, 0) is 32.4 Å². The van der Waals surface area contributed by atoms with E-state index >= 15 is 0 Å². The van der Waals surface area contributed by atoms with E-state index in [2.05, 4.69) is 6.07 Å².